The van der Waals surface area contributed by atoms with Crippen LogP contribution in [0.25, 0.3) is 0 Å². The predicted molar refractivity (Wildman–Crippen MR) is 51.2 cm³/mol. The fourth-order valence-corrected chi connectivity index (χ4v) is 1.89. The molecule has 0 saturated carbocycles. The van der Waals surface area contributed by atoms with Crippen molar-refractivity contribution in [3.63, 3.8) is 0 Å². The summed E-state index contributed by atoms with van der Waals surface area (Å²) in [6, 6.07) is 0.622. The fourth-order valence-electron chi connectivity index (χ4n) is 1.89. The van der Waals surface area contributed by atoms with Gasteiger partial charge in [0.1, 0.15) is 0 Å². The van der Waals surface area contributed by atoms with Gasteiger partial charge in [0.05, 0.1) is 5.60 Å². The molecule has 1 saturated heterocycles. The van der Waals surface area contributed by atoms with Crippen molar-refractivity contribution < 1.29 is 5.11 Å². The Morgan fingerprint density at radius 1 is 1.58 bits per heavy atom. The highest BCUT2D eigenvalue weighted by Gasteiger charge is 2.29. The van der Waals surface area contributed by atoms with E-state index >= 15 is 0 Å². The summed E-state index contributed by atoms with van der Waals surface area (Å²) in [6.45, 7) is 8.39. The lowest BCUT2D eigenvalue weighted by atomic mass is 9.94. The smallest absolute Gasteiger partial charge is 0.0746 e. The van der Waals surface area contributed by atoms with Crippen molar-refractivity contribution in [1.82, 2.24) is 4.90 Å². The monoisotopic (exact) mass is 171 g/mol. The van der Waals surface area contributed by atoms with Gasteiger partial charge in [-0.3, -0.25) is 4.90 Å². The van der Waals surface area contributed by atoms with E-state index in [-0.39, 0.29) is 0 Å². The van der Waals surface area contributed by atoms with Crippen LogP contribution in [0.15, 0.2) is 0 Å². The Labute approximate surface area is 75.6 Å². The molecule has 0 aromatic rings. The first-order valence-corrected chi connectivity index (χ1v) is 5.01. The summed E-state index contributed by atoms with van der Waals surface area (Å²) in [5.41, 5.74) is -0.443. The van der Waals surface area contributed by atoms with E-state index in [2.05, 4.69) is 18.7 Å². The van der Waals surface area contributed by atoms with Gasteiger partial charge in [-0.25, -0.2) is 0 Å². The standard InChI is InChI=1S/C10H21NO/c1-4-9(2)11-7-5-6-10(3,12)8-11/h9,12H,4-8H2,1-3H3/t9?,10-/m0/s1. The van der Waals surface area contributed by atoms with E-state index in [0.29, 0.717) is 6.04 Å². The van der Waals surface area contributed by atoms with Crippen molar-refractivity contribution in [2.24, 2.45) is 0 Å². The van der Waals surface area contributed by atoms with Crippen molar-refractivity contribution in [2.75, 3.05) is 13.1 Å². The maximum atomic E-state index is 9.85. The molecule has 1 unspecified atom stereocenters. The SMILES string of the molecule is CCC(C)N1CCC[C@](C)(O)C1. The molecular weight excluding hydrogens is 150 g/mol. The number of nitrogens with zero attached hydrogens (tertiary/aromatic N) is 1. The van der Waals surface area contributed by atoms with E-state index in [1.165, 1.54) is 6.42 Å². The molecular formula is C10H21NO. The average Bonchev–Trinajstić information content (AvgIpc) is 2.01. The van der Waals surface area contributed by atoms with Gasteiger partial charge in [0, 0.05) is 12.6 Å². The van der Waals surface area contributed by atoms with Gasteiger partial charge in [-0.15, -0.1) is 0 Å². The number of β-amino-alcohol motifs (C(OH)–C–C–N with tert-alkyl or cyclic N) is 1. The zero-order chi connectivity index (χ0) is 9.19. The van der Waals surface area contributed by atoms with E-state index < -0.39 is 5.60 Å². The molecule has 0 aliphatic carbocycles. The highest BCUT2D eigenvalue weighted by Crippen LogP contribution is 2.22. The lowest BCUT2D eigenvalue weighted by Gasteiger charge is -2.39. The molecule has 1 fully saturated rings. The van der Waals surface area contributed by atoms with Crippen LogP contribution in [0, 0.1) is 0 Å². The Kier molecular flexibility index (Phi) is 3.13. The Morgan fingerprint density at radius 2 is 2.25 bits per heavy atom. The second-order valence-corrected chi connectivity index (χ2v) is 4.33. The minimum atomic E-state index is -0.443. The Balaban J connectivity index is 2.46. The van der Waals surface area contributed by atoms with Crippen LogP contribution in [0.5, 0.6) is 0 Å². The molecule has 0 aromatic heterocycles. The van der Waals surface area contributed by atoms with Crippen LogP contribution in [0.2, 0.25) is 0 Å². The van der Waals surface area contributed by atoms with Gasteiger partial charge in [-0.05, 0) is 39.7 Å². The fraction of sp³-hybridized carbons (Fsp3) is 1.00. The predicted octanol–water partition coefficient (Wildman–Crippen LogP) is 1.63. The quantitative estimate of drug-likeness (QED) is 0.682. The van der Waals surface area contributed by atoms with Crippen molar-refractivity contribution in [2.45, 2.75) is 51.7 Å². The number of hydrogen-bond donors (Lipinski definition) is 1. The summed E-state index contributed by atoms with van der Waals surface area (Å²) >= 11 is 0. The molecule has 2 nitrogen and oxygen atoms in total. The molecule has 12 heavy (non-hydrogen) atoms. The largest absolute Gasteiger partial charge is 0.389 e. The third-order valence-electron chi connectivity index (χ3n) is 2.92. The molecule has 1 N–H and O–H groups in total. The summed E-state index contributed by atoms with van der Waals surface area (Å²) in [5, 5.41) is 9.85. The molecule has 0 aromatic carbocycles. The number of rotatable bonds is 2. The van der Waals surface area contributed by atoms with Gasteiger partial charge < -0.3 is 5.11 Å². The third-order valence-corrected chi connectivity index (χ3v) is 2.92. The molecule has 1 aliphatic heterocycles. The normalized spacial score (nSPS) is 35.0. The molecule has 1 heterocycles. The van der Waals surface area contributed by atoms with Crippen LogP contribution < -0.4 is 0 Å². The first-order chi connectivity index (χ1) is 5.55. The Hall–Kier alpha value is -0.0800. The van der Waals surface area contributed by atoms with Gasteiger partial charge in [0.2, 0.25) is 0 Å². The second kappa shape index (κ2) is 3.75. The summed E-state index contributed by atoms with van der Waals surface area (Å²) < 4.78 is 0. The van der Waals surface area contributed by atoms with Crippen LogP contribution in [-0.4, -0.2) is 34.7 Å². The lowest BCUT2D eigenvalue weighted by Crippen LogP contribution is -2.49. The zero-order valence-corrected chi connectivity index (χ0v) is 8.51. The van der Waals surface area contributed by atoms with E-state index in [1.807, 2.05) is 6.92 Å². The third kappa shape index (κ3) is 2.46. The van der Waals surface area contributed by atoms with Gasteiger partial charge in [0.15, 0.2) is 0 Å². The molecule has 1 rings (SSSR count). The van der Waals surface area contributed by atoms with Crippen LogP contribution in [0.4, 0.5) is 0 Å². The minimum Gasteiger partial charge on any atom is -0.389 e. The van der Waals surface area contributed by atoms with E-state index in [1.54, 1.807) is 0 Å². The molecule has 1 aliphatic rings. The molecule has 72 valence electrons. The van der Waals surface area contributed by atoms with Gasteiger partial charge in [-0.2, -0.15) is 0 Å². The summed E-state index contributed by atoms with van der Waals surface area (Å²) in [6.07, 6.45) is 3.27. The van der Waals surface area contributed by atoms with Crippen molar-refractivity contribution in [3.05, 3.63) is 0 Å². The summed E-state index contributed by atoms with van der Waals surface area (Å²) in [5.74, 6) is 0. The lowest BCUT2D eigenvalue weighted by molar-refractivity contribution is -0.0279. The van der Waals surface area contributed by atoms with Crippen molar-refractivity contribution in [1.29, 1.82) is 0 Å². The van der Waals surface area contributed by atoms with Crippen LogP contribution in [0.1, 0.15) is 40.0 Å². The van der Waals surface area contributed by atoms with Gasteiger partial charge >= 0.3 is 0 Å². The van der Waals surface area contributed by atoms with Crippen LogP contribution >= 0.6 is 0 Å². The van der Waals surface area contributed by atoms with Gasteiger partial charge in [0.25, 0.3) is 0 Å². The van der Waals surface area contributed by atoms with Crippen LogP contribution in [-0.2, 0) is 0 Å². The Bertz CT molecular complexity index is 145. The van der Waals surface area contributed by atoms with Crippen molar-refractivity contribution in [3.8, 4) is 0 Å². The number of hydrogen-bond acceptors (Lipinski definition) is 2. The topological polar surface area (TPSA) is 23.5 Å². The number of piperidine rings is 1. The second-order valence-electron chi connectivity index (χ2n) is 4.33. The molecule has 0 radical (unpaired) electrons. The van der Waals surface area contributed by atoms with Gasteiger partial charge in [-0.1, -0.05) is 6.92 Å². The molecule has 2 heteroatoms. The highest BCUT2D eigenvalue weighted by atomic mass is 16.3. The average molecular weight is 171 g/mol. The first kappa shape index (κ1) is 10.0. The maximum absolute atomic E-state index is 9.85. The van der Waals surface area contributed by atoms with E-state index in [4.69, 9.17) is 0 Å². The molecule has 0 amide bonds. The first-order valence-electron chi connectivity index (χ1n) is 5.01. The molecule has 0 spiro atoms. The van der Waals surface area contributed by atoms with Crippen LogP contribution in [0.3, 0.4) is 0 Å². The minimum absolute atomic E-state index is 0.443. The maximum Gasteiger partial charge on any atom is 0.0746 e. The summed E-state index contributed by atoms with van der Waals surface area (Å²) in [7, 11) is 0. The van der Waals surface area contributed by atoms with Crippen molar-refractivity contribution >= 4 is 0 Å². The van der Waals surface area contributed by atoms with E-state index in [9.17, 15) is 5.11 Å². The molecule has 0 bridgehead atoms. The summed E-state index contributed by atoms with van der Waals surface area (Å²) in [4.78, 5) is 2.39. The van der Waals surface area contributed by atoms with E-state index in [0.717, 1.165) is 25.9 Å². The highest BCUT2D eigenvalue weighted by molar-refractivity contribution is 4.84. The number of likely N-dealkylation sites (tertiary alicyclic amines) is 1. The zero-order valence-electron chi connectivity index (χ0n) is 8.51. The molecule has 2 atom stereocenters. The Morgan fingerprint density at radius 3 is 2.75 bits per heavy atom. The number of aliphatic hydroxyl groups is 1.